The van der Waals surface area contributed by atoms with E-state index in [4.69, 9.17) is 11.6 Å². The molecular formula is C13H22ClN3S. The van der Waals surface area contributed by atoms with Crippen molar-refractivity contribution in [3.63, 3.8) is 0 Å². The second kappa shape index (κ2) is 8.59. The van der Waals surface area contributed by atoms with E-state index >= 15 is 0 Å². The number of aromatic nitrogens is 2. The molecule has 0 aliphatic carbocycles. The van der Waals surface area contributed by atoms with E-state index < -0.39 is 0 Å². The number of hydrogen-bond donors (Lipinski definition) is 1. The summed E-state index contributed by atoms with van der Waals surface area (Å²) in [6, 6.07) is 0.408. The average Bonchev–Trinajstić information content (AvgIpc) is 2.34. The molecule has 0 saturated carbocycles. The van der Waals surface area contributed by atoms with Crippen LogP contribution in [0.1, 0.15) is 39.2 Å². The van der Waals surface area contributed by atoms with E-state index in [2.05, 4.69) is 36.1 Å². The Kier molecular flexibility index (Phi) is 7.44. The molecule has 3 nitrogen and oxygen atoms in total. The SMILES string of the molecule is CCCc1c(Cl)ncnc1NC(C)CCSCC. The third-order valence-electron chi connectivity index (χ3n) is 2.68. The molecular weight excluding hydrogens is 266 g/mol. The maximum absolute atomic E-state index is 6.12. The summed E-state index contributed by atoms with van der Waals surface area (Å²) < 4.78 is 0. The molecule has 0 bridgehead atoms. The highest BCUT2D eigenvalue weighted by atomic mass is 35.5. The van der Waals surface area contributed by atoms with Crippen LogP contribution < -0.4 is 5.32 Å². The zero-order chi connectivity index (χ0) is 13.4. The van der Waals surface area contributed by atoms with E-state index in [0.717, 1.165) is 30.6 Å². The Balaban J connectivity index is 2.62. The first-order valence-corrected chi connectivity index (χ1v) is 8.05. The van der Waals surface area contributed by atoms with Gasteiger partial charge in [-0.05, 0) is 31.3 Å². The smallest absolute Gasteiger partial charge is 0.137 e. The second-order valence-corrected chi connectivity index (χ2v) is 6.02. The maximum atomic E-state index is 6.12. The van der Waals surface area contributed by atoms with Gasteiger partial charge in [0.15, 0.2) is 0 Å². The van der Waals surface area contributed by atoms with Crippen LogP contribution in [-0.2, 0) is 6.42 Å². The van der Waals surface area contributed by atoms with Gasteiger partial charge >= 0.3 is 0 Å². The molecule has 0 saturated heterocycles. The number of nitrogens with one attached hydrogen (secondary N) is 1. The van der Waals surface area contributed by atoms with Crippen molar-refractivity contribution in [2.45, 2.75) is 46.1 Å². The number of hydrogen-bond acceptors (Lipinski definition) is 4. The molecule has 1 aromatic rings. The molecule has 0 aliphatic heterocycles. The largest absolute Gasteiger partial charge is 0.367 e. The molecule has 0 spiro atoms. The van der Waals surface area contributed by atoms with Crippen molar-refractivity contribution in [3.8, 4) is 0 Å². The van der Waals surface area contributed by atoms with Crippen LogP contribution in [-0.4, -0.2) is 27.5 Å². The third-order valence-corrected chi connectivity index (χ3v) is 3.93. The fourth-order valence-corrected chi connectivity index (χ4v) is 2.73. The Morgan fingerprint density at radius 2 is 2.17 bits per heavy atom. The van der Waals surface area contributed by atoms with Crippen molar-refractivity contribution in [3.05, 3.63) is 17.0 Å². The van der Waals surface area contributed by atoms with Gasteiger partial charge in [-0.25, -0.2) is 9.97 Å². The molecule has 0 amide bonds. The molecule has 1 rings (SSSR count). The van der Waals surface area contributed by atoms with Gasteiger partial charge in [0.1, 0.15) is 17.3 Å². The van der Waals surface area contributed by atoms with Gasteiger partial charge in [-0.15, -0.1) is 0 Å². The number of anilines is 1. The standard InChI is InChI=1S/C13H22ClN3S/c1-4-6-11-12(14)15-9-16-13(11)17-10(3)7-8-18-5-2/h9-10H,4-8H2,1-3H3,(H,15,16,17). The van der Waals surface area contributed by atoms with Crippen LogP contribution in [0.4, 0.5) is 5.82 Å². The van der Waals surface area contributed by atoms with Crippen LogP contribution in [0.15, 0.2) is 6.33 Å². The van der Waals surface area contributed by atoms with Crippen molar-refractivity contribution >= 4 is 29.2 Å². The van der Waals surface area contributed by atoms with Crippen LogP contribution in [0.5, 0.6) is 0 Å². The minimum Gasteiger partial charge on any atom is -0.367 e. The predicted octanol–water partition coefficient (Wildman–Crippen LogP) is 4.03. The summed E-state index contributed by atoms with van der Waals surface area (Å²) in [6.07, 6.45) is 4.61. The highest BCUT2D eigenvalue weighted by molar-refractivity contribution is 7.99. The molecule has 0 radical (unpaired) electrons. The highest BCUT2D eigenvalue weighted by Crippen LogP contribution is 2.22. The van der Waals surface area contributed by atoms with E-state index in [1.807, 2.05) is 11.8 Å². The normalized spacial score (nSPS) is 12.4. The van der Waals surface area contributed by atoms with Gasteiger partial charge in [0.2, 0.25) is 0 Å². The zero-order valence-electron chi connectivity index (χ0n) is 11.4. The van der Waals surface area contributed by atoms with Gasteiger partial charge in [-0.2, -0.15) is 11.8 Å². The number of nitrogens with zero attached hydrogens (tertiary/aromatic N) is 2. The Hall–Kier alpha value is -0.480. The van der Waals surface area contributed by atoms with Gasteiger partial charge in [0.05, 0.1) is 0 Å². The minimum absolute atomic E-state index is 0.408. The number of thioether (sulfide) groups is 1. The molecule has 1 aromatic heterocycles. The van der Waals surface area contributed by atoms with Crippen molar-refractivity contribution in [1.82, 2.24) is 9.97 Å². The van der Waals surface area contributed by atoms with Crippen molar-refractivity contribution < 1.29 is 0 Å². The van der Waals surface area contributed by atoms with Gasteiger partial charge in [-0.1, -0.05) is 31.9 Å². The lowest BCUT2D eigenvalue weighted by atomic mass is 10.1. The Morgan fingerprint density at radius 1 is 1.39 bits per heavy atom. The predicted molar refractivity (Wildman–Crippen MR) is 81.7 cm³/mol. The monoisotopic (exact) mass is 287 g/mol. The topological polar surface area (TPSA) is 37.8 Å². The quantitative estimate of drug-likeness (QED) is 0.579. The average molecular weight is 288 g/mol. The summed E-state index contributed by atoms with van der Waals surface area (Å²) in [7, 11) is 0. The molecule has 5 heteroatoms. The highest BCUT2D eigenvalue weighted by Gasteiger charge is 2.11. The van der Waals surface area contributed by atoms with Crippen molar-refractivity contribution in [1.29, 1.82) is 0 Å². The van der Waals surface area contributed by atoms with Crippen LogP contribution >= 0.6 is 23.4 Å². The van der Waals surface area contributed by atoms with E-state index in [-0.39, 0.29) is 0 Å². The van der Waals surface area contributed by atoms with Crippen LogP contribution in [0.3, 0.4) is 0 Å². The molecule has 0 aromatic carbocycles. The first kappa shape index (κ1) is 15.6. The zero-order valence-corrected chi connectivity index (χ0v) is 12.9. The summed E-state index contributed by atoms with van der Waals surface area (Å²) in [5.74, 6) is 3.24. The fraction of sp³-hybridized carbons (Fsp3) is 0.692. The summed E-state index contributed by atoms with van der Waals surface area (Å²) in [6.45, 7) is 6.50. The van der Waals surface area contributed by atoms with E-state index in [1.165, 1.54) is 17.8 Å². The summed E-state index contributed by atoms with van der Waals surface area (Å²) >= 11 is 8.09. The van der Waals surface area contributed by atoms with Gasteiger partial charge < -0.3 is 5.32 Å². The lowest BCUT2D eigenvalue weighted by molar-refractivity contribution is 0.760. The van der Waals surface area contributed by atoms with Gasteiger partial charge in [-0.3, -0.25) is 0 Å². The van der Waals surface area contributed by atoms with Crippen LogP contribution in [0.2, 0.25) is 5.15 Å². The van der Waals surface area contributed by atoms with E-state index in [0.29, 0.717) is 11.2 Å². The molecule has 1 N–H and O–H groups in total. The van der Waals surface area contributed by atoms with E-state index in [1.54, 1.807) is 0 Å². The first-order chi connectivity index (χ1) is 8.69. The molecule has 102 valence electrons. The van der Waals surface area contributed by atoms with Crippen LogP contribution in [0.25, 0.3) is 0 Å². The fourth-order valence-electron chi connectivity index (χ4n) is 1.70. The first-order valence-electron chi connectivity index (χ1n) is 6.52. The molecule has 0 fully saturated rings. The minimum atomic E-state index is 0.408. The lowest BCUT2D eigenvalue weighted by Gasteiger charge is -2.17. The molecule has 18 heavy (non-hydrogen) atoms. The van der Waals surface area contributed by atoms with Crippen molar-refractivity contribution in [2.75, 3.05) is 16.8 Å². The Morgan fingerprint density at radius 3 is 2.83 bits per heavy atom. The number of halogens is 1. The van der Waals surface area contributed by atoms with Gasteiger partial charge in [0.25, 0.3) is 0 Å². The van der Waals surface area contributed by atoms with Gasteiger partial charge in [0, 0.05) is 11.6 Å². The molecule has 1 atom stereocenters. The molecule has 1 heterocycles. The maximum Gasteiger partial charge on any atom is 0.137 e. The Bertz CT molecular complexity index is 360. The molecule has 0 aliphatic rings. The molecule has 1 unspecified atom stereocenters. The van der Waals surface area contributed by atoms with Crippen molar-refractivity contribution in [2.24, 2.45) is 0 Å². The third kappa shape index (κ3) is 5.02. The Labute approximate surface area is 119 Å². The van der Waals surface area contributed by atoms with Crippen LogP contribution in [0, 0.1) is 0 Å². The van der Waals surface area contributed by atoms with E-state index in [9.17, 15) is 0 Å². The summed E-state index contributed by atoms with van der Waals surface area (Å²) in [5, 5.41) is 4.02. The lowest BCUT2D eigenvalue weighted by Crippen LogP contribution is -2.18. The summed E-state index contributed by atoms with van der Waals surface area (Å²) in [5.41, 5.74) is 1.04. The second-order valence-electron chi connectivity index (χ2n) is 4.27. The summed E-state index contributed by atoms with van der Waals surface area (Å²) in [4.78, 5) is 8.36. The number of rotatable bonds is 8.